The number of nitrogen functional groups attached to an aromatic ring is 1. The maximum absolute atomic E-state index is 11.1. The molecule has 0 amide bonds. The molecule has 4 nitrogen and oxygen atoms in total. The van der Waals surface area contributed by atoms with Gasteiger partial charge in [0.15, 0.2) is 0 Å². The number of fused-ring (bicyclic) bond motifs is 1. The molecule has 22 heavy (non-hydrogen) atoms. The Morgan fingerprint density at radius 1 is 1.05 bits per heavy atom. The molecular weight excluding hydrogens is 276 g/mol. The predicted molar refractivity (Wildman–Crippen MR) is 88.0 cm³/mol. The lowest BCUT2D eigenvalue weighted by atomic mass is 9.75. The molecule has 0 heterocycles. The lowest BCUT2D eigenvalue weighted by Crippen LogP contribution is -2.23. The number of nitrogens with two attached hydrogens (primary N) is 1. The second-order valence-corrected chi connectivity index (χ2v) is 7.00. The van der Waals surface area contributed by atoms with Crippen LogP contribution in [0.5, 0.6) is 0 Å². The number of rotatable bonds is 2. The fourth-order valence-corrected chi connectivity index (χ4v) is 3.87. The van der Waals surface area contributed by atoms with Crippen LogP contribution in [0.15, 0.2) is 42.5 Å². The molecule has 0 saturated carbocycles. The smallest absolute Gasteiger partial charge is 0.269 e. The van der Waals surface area contributed by atoms with Crippen LogP contribution >= 0.6 is 0 Å². The van der Waals surface area contributed by atoms with Gasteiger partial charge in [0.1, 0.15) is 0 Å². The average Bonchev–Trinajstić information content (AvgIpc) is 2.67. The van der Waals surface area contributed by atoms with Gasteiger partial charge in [-0.05, 0) is 40.7 Å². The van der Waals surface area contributed by atoms with E-state index in [2.05, 4.69) is 32.9 Å². The van der Waals surface area contributed by atoms with Crippen LogP contribution < -0.4 is 5.73 Å². The number of anilines is 1. The van der Waals surface area contributed by atoms with Crippen LogP contribution in [0.25, 0.3) is 0 Å². The van der Waals surface area contributed by atoms with Crippen molar-refractivity contribution in [3.8, 4) is 0 Å². The number of hydrogen-bond acceptors (Lipinski definition) is 3. The van der Waals surface area contributed by atoms with Crippen molar-refractivity contribution in [2.24, 2.45) is 0 Å². The number of benzene rings is 2. The summed E-state index contributed by atoms with van der Waals surface area (Å²) in [6.07, 6.45) is 0.917. The van der Waals surface area contributed by atoms with Gasteiger partial charge in [0.25, 0.3) is 5.69 Å². The number of nitro benzene ring substituents is 1. The van der Waals surface area contributed by atoms with E-state index in [1.807, 2.05) is 18.2 Å². The summed E-state index contributed by atoms with van der Waals surface area (Å²) in [7, 11) is 0. The Balaban J connectivity index is 2.19. The van der Waals surface area contributed by atoms with Crippen LogP contribution in [0.3, 0.4) is 0 Å². The molecule has 1 aliphatic rings. The van der Waals surface area contributed by atoms with Crippen LogP contribution in [-0.4, -0.2) is 4.92 Å². The van der Waals surface area contributed by atoms with Gasteiger partial charge in [0.05, 0.1) is 4.92 Å². The van der Waals surface area contributed by atoms with E-state index in [0.29, 0.717) is 0 Å². The van der Waals surface area contributed by atoms with E-state index in [9.17, 15) is 10.1 Å². The third kappa shape index (κ3) is 2.06. The molecule has 1 aliphatic carbocycles. The van der Waals surface area contributed by atoms with Crippen molar-refractivity contribution >= 4 is 11.4 Å². The Kier molecular flexibility index (Phi) is 3.02. The normalized spacial score (nSPS) is 22.3. The molecule has 0 radical (unpaired) electrons. The van der Waals surface area contributed by atoms with Gasteiger partial charge >= 0.3 is 0 Å². The fourth-order valence-electron chi connectivity index (χ4n) is 3.87. The molecule has 0 aromatic heterocycles. The Labute approximate surface area is 130 Å². The fraction of sp³-hybridized carbons (Fsp3) is 0.333. The zero-order valence-electron chi connectivity index (χ0n) is 13.1. The Morgan fingerprint density at radius 3 is 2.27 bits per heavy atom. The first-order valence-electron chi connectivity index (χ1n) is 7.39. The first kappa shape index (κ1) is 14.6. The molecule has 4 heteroatoms. The zero-order valence-corrected chi connectivity index (χ0v) is 13.1. The standard InChI is InChI=1S/C18H20N2O2/c1-17(2)11-18(3,12-4-6-13(19)7-5-12)15-9-8-14(20(21)22)10-16(15)17/h4-10H,11,19H2,1-3H3. The topological polar surface area (TPSA) is 69.2 Å². The number of hydrogen-bond donors (Lipinski definition) is 1. The number of non-ortho nitro benzene ring substituents is 1. The molecule has 2 aromatic rings. The van der Waals surface area contributed by atoms with E-state index in [1.165, 1.54) is 11.1 Å². The molecule has 0 fully saturated rings. The van der Waals surface area contributed by atoms with E-state index < -0.39 is 0 Å². The molecule has 0 saturated heterocycles. The van der Waals surface area contributed by atoms with Crippen molar-refractivity contribution in [1.29, 1.82) is 0 Å². The second-order valence-electron chi connectivity index (χ2n) is 7.00. The van der Waals surface area contributed by atoms with Crippen LogP contribution in [0, 0.1) is 10.1 Å². The maximum Gasteiger partial charge on any atom is 0.269 e. The number of nitro groups is 1. The van der Waals surface area contributed by atoms with Crippen LogP contribution in [0.2, 0.25) is 0 Å². The highest BCUT2D eigenvalue weighted by molar-refractivity contribution is 5.56. The van der Waals surface area contributed by atoms with Gasteiger partial charge in [-0.2, -0.15) is 0 Å². The van der Waals surface area contributed by atoms with Gasteiger partial charge < -0.3 is 5.73 Å². The van der Waals surface area contributed by atoms with Gasteiger partial charge in [0.2, 0.25) is 0 Å². The summed E-state index contributed by atoms with van der Waals surface area (Å²) < 4.78 is 0. The zero-order chi connectivity index (χ0) is 16.1. The first-order chi connectivity index (χ1) is 10.2. The summed E-state index contributed by atoms with van der Waals surface area (Å²) in [5.41, 5.74) is 9.89. The summed E-state index contributed by atoms with van der Waals surface area (Å²) in [6, 6.07) is 13.2. The largest absolute Gasteiger partial charge is 0.399 e. The molecule has 1 unspecified atom stereocenters. The minimum Gasteiger partial charge on any atom is -0.399 e. The van der Waals surface area contributed by atoms with E-state index in [4.69, 9.17) is 5.73 Å². The monoisotopic (exact) mass is 296 g/mol. The third-order valence-corrected chi connectivity index (χ3v) is 4.88. The van der Waals surface area contributed by atoms with E-state index >= 15 is 0 Å². The average molecular weight is 296 g/mol. The van der Waals surface area contributed by atoms with Crippen molar-refractivity contribution in [2.75, 3.05) is 5.73 Å². The second kappa shape index (κ2) is 4.57. The third-order valence-electron chi connectivity index (χ3n) is 4.88. The van der Waals surface area contributed by atoms with Crippen molar-refractivity contribution in [1.82, 2.24) is 0 Å². The quantitative estimate of drug-likeness (QED) is 0.514. The number of nitrogens with zero attached hydrogens (tertiary/aromatic N) is 1. The molecule has 114 valence electrons. The Bertz CT molecular complexity index is 750. The highest BCUT2D eigenvalue weighted by Gasteiger charge is 2.46. The highest BCUT2D eigenvalue weighted by Crippen LogP contribution is 2.53. The Morgan fingerprint density at radius 2 is 1.68 bits per heavy atom. The lowest BCUT2D eigenvalue weighted by Gasteiger charge is -2.28. The maximum atomic E-state index is 11.1. The Hall–Kier alpha value is -2.36. The minimum atomic E-state index is -0.324. The van der Waals surface area contributed by atoms with Gasteiger partial charge in [0, 0.05) is 23.2 Å². The van der Waals surface area contributed by atoms with Gasteiger partial charge in [-0.1, -0.05) is 39.0 Å². The van der Waals surface area contributed by atoms with Crippen LogP contribution in [-0.2, 0) is 10.8 Å². The van der Waals surface area contributed by atoms with Crippen molar-refractivity contribution in [3.05, 3.63) is 69.3 Å². The summed E-state index contributed by atoms with van der Waals surface area (Å²) in [5.74, 6) is 0. The lowest BCUT2D eigenvalue weighted by molar-refractivity contribution is -0.385. The molecule has 1 atom stereocenters. The molecule has 2 aromatic carbocycles. The van der Waals surface area contributed by atoms with E-state index in [0.717, 1.165) is 17.7 Å². The SMILES string of the molecule is CC1(C)CC(C)(c2ccc(N)cc2)c2ccc([N+](=O)[O-])cc21. The summed E-state index contributed by atoms with van der Waals surface area (Å²) in [5, 5.41) is 11.1. The molecule has 0 spiro atoms. The van der Waals surface area contributed by atoms with Crippen LogP contribution in [0.4, 0.5) is 11.4 Å². The molecular formula is C18H20N2O2. The molecule has 0 aliphatic heterocycles. The predicted octanol–water partition coefficient (Wildman–Crippen LogP) is 4.16. The summed E-state index contributed by atoms with van der Waals surface area (Å²) >= 11 is 0. The molecule has 0 bridgehead atoms. The van der Waals surface area contributed by atoms with Crippen molar-refractivity contribution < 1.29 is 4.92 Å². The van der Waals surface area contributed by atoms with Crippen LogP contribution in [0.1, 0.15) is 43.9 Å². The minimum absolute atomic E-state index is 0.0997. The van der Waals surface area contributed by atoms with E-state index in [-0.39, 0.29) is 21.4 Å². The summed E-state index contributed by atoms with van der Waals surface area (Å²) in [4.78, 5) is 10.7. The van der Waals surface area contributed by atoms with Gasteiger partial charge in [-0.3, -0.25) is 10.1 Å². The van der Waals surface area contributed by atoms with E-state index in [1.54, 1.807) is 12.1 Å². The first-order valence-corrected chi connectivity index (χ1v) is 7.39. The van der Waals surface area contributed by atoms with Gasteiger partial charge in [-0.25, -0.2) is 0 Å². The summed E-state index contributed by atoms with van der Waals surface area (Å²) in [6.45, 7) is 6.51. The highest BCUT2D eigenvalue weighted by atomic mass is 16.6. The molecule has 3 rings (SSSR count). The van der Waals surface area contributed by atoms with Crippen molar-refractivity contribution in [3.63, 3.8) is 0 Å². The molecule has 2 N–H and O–H groups in total. The van der Waals surface area contributed by atoms with Gasteiger partial charge in [-0.15, -0.1) is 0 Å². The van der Waals surface area contributed by atoms with Crippen molar-refractivity contribution in [2.45, 2.75) is 38.0 Å².